The molecule has 1 amide bonds. The highest BCUT2D eigenvalue weighted by Crippen LogP contribution is 2.31. The maximum atomic E-state index is 13.2. The fourth-order valence-corrected chi connectivity index (χ4v) is 4.28. The monoisotopic (exact) mass is 487 g/mol. The van der Waals surface area contributed by atoms with Gasteiger partial charge in [0.15, 0.2) is 5.16 Å². The summed E-state index contributed by atoms with van der Waals surface area (Å²) in [6, 6.07) is 11.7. The molecule has 8 nitrogen and oxygen atoms in total. The van der Waals surface area contributed by atoms with Crippen LogP contribution < -0.4 is 14.8 Å². The van der Waals surface area contributed by atoms with E-state index in [2.05, 4.69) is 15.3 Å². The maximum Gasteiger partial charge on any atom is 0.291 e. The Bertz CT molecular complexity index is 1280. The maximum absolute atomic E-state index is 13.2. The predicted molar refractivity (Wildman–Crippen MR) is 124 cm³/mol. The number of para-hydroxylation sites is 2. The Kier molecular flexibility index (Phi) is 7.01. The van der Waals surface area contributed by atoms with E-state index in [0.29, 0.717) is 45.7 Å². The van der Waals surface area contributed by atoms with Crippen molar-refractivity contribution in [3.63, 3.8) is 0 Å². The van der Waals surface area contributed by atoms with Gasteiger partial charge in [-0.25, -0.2) is 9.97 Å². The number of imidazole rings is 2. The van der Waals surface area contributed by atoms with Crippen molar-refractivity contribution in [2.45, 2.75) is 23.5 Å². The number of alkyl halides is 2. The number of nitrogens with zero attached hydrogens (tertiary/aromatic N) is 4. The quantitative estimate of drug-likeness (QED) is 0.359. The highest BCUT2D eigenvalue weighted by molar-refractivity contribution is 7.99. The summed E-state index contributed by atoms with van der Waals surface area (Å²) >= 11 is 0.307. The Morgan fingerprint density at radius 1 is 1.15 bits per heavy atom. The average Bonchev–Trinajstić information content (AvgIpc) is 3.39. The SMILES string of the molecule is COc1cc(OC)cc(C(NC(=O)Cn2c(SC(F)F)nc3ccccc32)c2nccn2C)c1. The van der Waals surface area contributed by atoms with Crippen molar-refractivity contribution in [3.8, 4) is 11.5 Å². The molecule has 1 atom stereocenters. The fraction of sp³-hybridized carbons (Fsp3) is 0.261. The molecule has 0 aliphatic rings. The minimum atomic E-state index is -2.66. The topological polar surface area (TPSA) is 83.2 Å². The summed E-state index contributed by atoms with van der Waals surface area (Å²) in [4.78, 5) is 21.9. The number of amides is 1. The number of nitrogens with one attached hydrogen (secondary N) is 1. The average molecular weight is 488 g/mol. The Balaban J connectivity index is 1.69. The van der Waals surface area contributed by atoms with Gasteiger partial charge >= 0.3 is 0 Å². The second-order valence-corrected chi connectivity index (χ2v) is 8.35. The van der Waals surface area contributed by atoms with Crippen LogP contribution in [-0.2, 0) is 18.4 Å². The number of carbonyl (C=O) groups excluding carboxylic acids is 1. The molecule has 4 rings (SSSR count). The molecule has 2 aromatic heterocycles. The fourth-order valence-electron chi connectivity index (χ4n) is 3.67. The predicted octanol–water partition coefficient (Wildman–Crippen LogP) is 4.01. The zero-order valence-corrected chi connectivity index (χ0v) is 19.6. The Hall–Kier alpha value is -3.60. The van der Waals surface area contributed by atoms with Gasteiger partial charge in [-0.05, 0) is 41.6 Å². The number of thioether (sulfide) groups is 1. The largest absolute Gasteiger partial charge is 0.497 e. The van der Waals surface area contributed by atoms with Gasteiger partial charge in [0.1, 0.15) is 29.9 Å². The summed E-state index contributed by atoms with van der Waals surface area (Å²) in [6.45, 7) is -0.197. The first kappa shape index (κ1) is 23.6. The van der Waals surface area contributed by atoms with Gasteiger partial charge in [0.2, 0.25) is 5.91 Å². The summed E-state index contributed by atoms with van der Waals surface area (Å²) in [7, 11) is 4.90. The minimum absolute atomic E-state index is 0.0722. The molecule has 34 heavy (non-hydrogen) atoms. The van der Waals surface area contributed by atoms with Crippen LogP contribution in [0, 0.1) is 0 Å². The van der Waals surface area contributed by atoms with E-state index in [1.165, 1.54) is 4.57 Å². The van der Waals surface area contributed by atoms with Crippen molar-refractivity contribution >= 4 is 28.7 Å². The number of carbonyl (C=O) groups is 1. The van der Waals surface area contributed by atoms with Crippen LogP contribution in [0.3, 0.4) is 0 Å². The van der Waals surface area contributed by atoms with Gasteiger partial charge in [-0.15, -0.1) is 0 Å². The van der Waals surface area contributed by atoms with E-state index in [0.717, 1.165) is 0 Å². The molecule has 178 valence electrons. The van der Waals surface area contributed by atoms with Crippen LogP contribution in [0.5, 0.6) is 11.5 Å². The summed E-state index contributed by atoms with van der Waals surface area (Å²) in [5.41, 5.74) is 1.82. The molecule has 0 bridgehead atoms. The van der Waals surface area contributed by atoms with Gasteiger partial charge in [0.05, 0.1) is 25.3 Å². The molecule has 0 fully saturated rings. The number of ether oxygens (including phenoxy) is 2. The second-order valence-electron chi connectivity index (χ2n) is 7.39. The van der Waals surface area contributed by atoms with E-state index >= 15 is 0 Å². The van der Waals surface area contributed by atoms with Crippen LogP contribution in [0.2, 0.25) is 0 Å². The van der Waals surface area contributed by atoms with Gasteiger partial charge < -0.3 is 23.9 Å². The smallest absolute Gasteiger partial charge is 0.291 e. The van der Waals surface area contributed by atoms with Gasteiger partial charge in [-0.1, -0.05) is 12.1 Å². The lowest BCUT2D eigenvalue weighted by Crippen LogP contribution is -2.33. The van der Waals surface area contributed by atoms with Gasteiger partial charge in [0.25, 0.3) is 5.76 Å². The number of aryl methyl sites for hydroxylation is 1. The first-order valence-electron chi connectivity index (χ1n) is 10.3. The third kappa shape index (κ3) is 4.98. The summed E-state index contributed by atoms with van der Waals surface area (Å²) in [6.07, 6.45) is 3.40. The lowest BCUT2D eigenvalue weighted by molar-refractivity contribution is -0.122. The molecule has 1 N–H and O–H groups in total. The first-order valence-corrected chi connectivity index (χ1v) is 11.2. The molecule has 0 aliphatic heterocycles. The number of rotatable bonds is 9. The summed E-state index contributed by atoms with van der Waals surface area (Å²) in [5.74, 6) is -1.36. The van der Waals surface area contributed by atoms with E-state index in [-0.39, 0.29) is 11.7 Å². The number of aromatic nitrogens is 4. The molecule has 11 heteroatoms. The van der Waals surface area contributed by atoms with E-state index in [1.54, 1.807) is 73.6 Å². The molecule has 2 heterocycles. The molecule has 4 aromatic rings. The van der Waals surface area contributed by atoms with Crippen LogP contribution in [0.4, 0.5) is 8.78 Å². The zero-order valence-electron chi connectivity index (χ0n) is 18.7. The summed E-state index contributed by atoms with van der Waals surface area (Å²) < 4.78 is 40.3. The normalized spacial score (nSPS) is 12.2. The lowest BCUT2D eigenvalue weighted by atomic mass is 10.0. The van der Waals surface area contributed by atoms with E-state index in [4.69, 9.17) is 9.47 Å². The lowest BCUT2D eigenvalue weighted by Gasteiger charge is -2.21. The number of benzene rings is 2. The molecule has 0 saturated heterocycles. The van der Waals surface area contributed by atoms with Gasteiger partial charge in [-0.3, -0.25) is 4.79 Å². The van der Waals surface area contributed by atoms with Crippen molar-refractivity contribution in [2.75, 3.05) is 14.2 Å². The third-order valence-electron chi connectivity index (χ3n) is 5.24. The molecule has 0 radical (unpaired) electrons. The van der Waals surface area contributed by atoms with Crippen molar-refractivity contribution in [3.05, 3.63) is 66.2 Å². The number of fused-ring (bicyclic) bond motifs is 1. The summed E-state index contributed by atoms with van der Waals surface area (Å²) in [5, 5.41) is 3.06. The minimum Gasteiger partial charge on any atom is -0.497 e. The Morgan fingerprint density at radius 2 is 1.85 bits per heavy atom. The van der Waals surface area contributed by atoms with Crippen molar-refractivity contribution in [1.29, 1.82) is 0 Å². The molecular weight excluding hydrogens is 464 g/mol. The molecule has 2 aromatic carbocycles. The number of hydrogen-bond acceptors (Lipinski definition) is 6. The Morgan fingerprint density at radius 3 is 2.47 bits per heavy atom. The third-order valence-corrected chi connectivity index (χ3v) is 5.95. The first-order chi connectivity index (χ1) is 16.4. The van der Waals surface area contributed by atoms with E-state index in [1.807, 2.05) is 7.05 Å². The molecule has 0 saturated carbocycles. The van der Waals surface area contributed by atoms with Gasteiger partial charge in [0, 0.05) is 25.5 Å². The van der Waals surface area contributed by atoms with Crippen LogP contribution in [0.25, 0.3) is 11.0 Å². The van der Waals surface area contributed by atoms with Gasteiger partial charge in [-0.2, -0.15) is 8.78 Å². The molecular formula is C23H23F2N5O3S. The van der Waals surface area contributed by atoms with Crippen LogP contribution in [0.15, 0.2) is 60.0 Å². The molecule has 0 spiro atoms. The molecule has 0 aliphatic carbocycles. The van der Waals surface area contributed by atoms with Crippen molar-refractivity contribution in [1.82, 2.24) is 24.4 Å². The zero-order chi connectivity index (χ0) is 24.2. The standard InChI is InChI=1S/C23H23F2N5O3S/c1-29-9-8-26-21(29)20(14-10-15(32-2)12-16(11-14)33-3)28-19(31)13-30-18-7-5-4-6-17(18)27-23(30)34-22(24)25/h4-12,20,22H,13H2,1-3H3,(H,28,31). The van der Waals surface area contributed by atoms with Crippen LogP contribution in [0.1, 0.15) is 17.4 Å². The number of methoxy groups -OCH3 is 2. The van der Waals surface area contributed by atoms with Crippen molar-refractivity contribution in [2.24, 2.45) is 7.05 Å². The molecule has 1 unspecified atom stereocenters. The van der Waals surface area contributed by atoms with E-state index in [9.17, 15) is 13.6 Å². The number of hydrogen-bond donors (Lipinski definition) is 1. The van der Waals surface area contributed by atoms with Crippen molar-refractivity contribution < 1.29 is 23.0 Å². The highest BCUT2D eigenvalue weighted by atomic mass is 32.2. The number of halogens is 2. The van der Waals surface area contributed by atoms with E-state index < -0.39 is 17.7 Å². The van der Waals surface area contributed by atoms with Crippen LogP contribution in [-0.4, -0.2) is 45.0 Å². The highest BCUT2D eigenvalue weighted by Gasteiger charge is 2.24. The van der Waals surface area contributed by atoms with Crippen LogP contribution >= 0.6 is 11.8 Å². The Labute approximate surface area is 198 Å². The second kappa shape index (κ2) is 10.1.